The van der Waals surface area contributed by atoms with Crippen molar-refractivity contribution in [2.75, 3.05) is 39.3 Å². The molecule has 0 aromatic heterocycles. The lowest BCUT2D eigenvalue weighted by molar-refractivity contribution is 0.249. The molecule has 0 amide bonds. The Labute approximate surface area is 158 Å². The zero-order valence-electron chi connectivity index (χ0n) is 16.6. The fourth-order valence-corrected chi connectivity index (χ4v) is 4.06. The van der Waals surface area contributed by atoms with Gasteiger partial charge in [0.05, 0.1) is 13.2 Å². The molecule has 5 heteroatoms. The first-order valence-electron chi connectivity index (χ1n) is 10.2. The Kier molecular flexibility index (Phi) is 6.78. The van der Waals surface area contributed by atoms with Crippen LogP contribution >= 0.6 is 0 Å². The molecule has 26 heavy (non-hydrogen) atoms. The van der Waals surface area contributed by atoms with Crippen LogP contribution in [0.4, 0.5) is 0 Å². The van der Waals surface area contributed by atoms with Gasteiger partial charge in [0.2, 0.25) is 0 Å². The molecular formula is C21H34N4O. The minimum atomic E-state index is 0.703. The van der Waals surface area contributed by atoms with Gasteiger partial charge in [-0.15, -0.1) is 0 Å². The molecule has 1 unspecified atom stereocenters. The summed E-state index contributed by atoms with van der Waals surface area (Å²) in [6, 6.07) is 7.08. The fourth-order valence-electron chi connectivity index (χ4n) is 4.06. The lowest BCUT2D eigenvalue weighted by Crippen LogP contribution is -2.42. The van der Waals surface area contributed by atoms with Gasteiger partial charge in [0.1, 0.15) is 5.75 Å². The lowest BCUT2D eigenvalue weighted by atomic mass is 10.1. The molecule has 144 valence electrons. The van der Waals surface area contributed by atoms with E-state index in [1.165, 1.54) is 43.5 Å². The molecule has 1 N–H and O–H groups in total. The number of benzene rings is 1. The van der Waals surface area contributed by atoms with Crippen LogP contribution in [0, 0.1) is 6.92 Å². The van der Waals surface area contributed by atoms with E-state index >= 15 is 0 Å². The second-order valence-corrected chi connectivity index (χ2v) is 7.33. The highest BCUT2D eigenvalue weighted by Gasteiger charge is 2.30. The number of nitrogens with zero attached hydrogens (tertiary/aromatic N) is 3. The van der Waals surface area contributed by atoms with Crippen molar-refractivity contribution in [3.63, 3.8) is 0 Å². The zero-order chi connectivity index (χ0) is 18.4. The molecule has 5 nitrogen and oxygen atoms in total. The Bertz CT molecular complexity index is 610. The minimum Gasteiger partial charge on any atom is -0.494 e. The first-order chi connectivity index (χ1) is 12.7. The van der Waals surface area contributed by atoms with Gasteiger partial charge < -0.3 is 15.0 Å². The summed E-state index contributed by atoms with van der Waals surface area (Å²) in [5, 5.41) is 3.48. The molecule has 1 aromatic carbocycles. The zero-order valence-corrected chi connectivity index (χ0v) is 16.6. The molecule has 2 saturated heterocycles. The summed E-state index contributed by atoms with van der Waals surface area (Å²) in [6.07, 6.45) is 3.98. The number of aliphatic imine (C=N–C) groups is 1. The highest BCUT2D eigenvalue weighted by Crippen LogP contribution is 2.22. The van der Waals surface area contributed by atoms with Crippen LogP contribution in [0.15, 0.2) is 23.2 Å². The molecule has 0 bridgehead atoms. The third-order valence-corrected chi connectivity index (χ3v) is 5.41. The SMILES string of the molecule is CCNC(=NCc1ccc(OCC)c(C)c1)N1CCC(N2CCCC2)C1. The standard InChI is InChI=1S/C21H34N4O/c1-4-22-21(25-13-10-19(16-25)24-11-6-7-12-24)23-15-18-8-9-20(26-5-2)17(3)14-18/h8-9,14,19H,4-7,10-13,15-16H2,1-3H3,(H,22,23). The van der Waals surface area contributed by atoms with Crippen LogP contribution in [-0.2, 0) is 6.54 Å². The number of guanidine groups is 1. The first-order valence-corrected chi connectivity index (χ1v) is 10.2. The van der Waals surface area contributed by atoms with E-state index in [1.807, 2.05) is 6.92 Å². The number of rotatable bonds is 6. The predicted octanol–water partition coefficient (Wildman–Crippen LogP) is 3.03. The van der Waals surface area contributed by atoms with E-state index in [0.717, 1.165) is 31.3 Å². The number of hydrogen-bond acceptors (Lipinski definition) is 3. The Balaban J connectivity index is 1.63. The second-order valence-electron chi connectivity index (χ2n) is 7.33. The Morgan fingerprint density at radius 2 is 2.04 bits per heavy atom. The van der Waals surface area contributed by atoms with E-state index in [1.54, 1.807) is 0 Å². The van der Waals surface area contributed by atoms with Gasteiger partial charge in [-0.1, -0.05) is 12.1 Å². The van der Waals surface area contributed by atoms with Crippen molar-refractivity contribution in [2.45, 2.75) is 52.6 Å². The lowest BCUT2D eigenvalue weighted by Gasteiger charge is -2.25. The third kappa shape index (κ3) is 4.70. The molecule has 0 saturated carbocycles. The molecule has 0 spiro atoms. The van der Waals surface area contributed by atoms with Crippen LogP contribution in [0.1, 0.15) is 44.2 Å². The fraction of sp³-hybridized carbons (Fsp3) is 0.667. The largest absolute Gasteiger partial charge is 0.494 e. The summed E-state index contributed by atoms with van der Waals surface area (Å²) >= 11 is 0. The van der Waals surface area contributed by atoms with E-state index in [2.05, 4.69) is 47.2 Å². The van der Waals surface area contributed by atoms with E-state index < -0.39 is 0 Å². The molecule has 1 aromatic rings. The van der Waals surface area contributed by atoms with E-state index in [9.17, 15) is 0 Å². The van der Waals surface area contributed by atoms with Gasteiger partial charge in [-0.3, -0.25) is 4.90 Å². The number of hydrogen-bond donors (Lipinski definition) is 1. The Morgan fingerprint density at radius 3 is 2.73 bits per heavy atom. The van der Waals surface area contributed by atoms with Crippen molar-refractivity contribution in [2.24, 2.45) is 4.99 Å². The summed E-state index contributed by atoms with van der Waals surface area (Å²) in [5.74, 6) is 2.03. The molecule has 3 rings (SSSR count). The van der Waals surface area contributed by atoms with Gasteiger partial charge in [0.15, 0.2) is 5.96 Å². The molecule has 2 aliphatic heterocycles. The summed E-state index contributed by atoms with van der Waals surface area (Å²) in [4.78, 5) is 10.0. The summed E-state index contributed by atoms with van der Waals surface area (Å²) in [6.45, 7) is 13.3. The molecule has 2 aliphatic rings. The molecule has 2 fully saturated rings. The Morgan fingerprint density at radius 1 is 1.23 bits per heavy atom. The van der Waals surface area contributed by atoms with Crippen molar-refractivity contribution >= 4 is 5.96 Å². The van der Waals surface area contributed by atoms with Gasteiger partial charge in [0, 0.05) is 25.7 Å². The molecular weight excluding hydrogens is 324 g/mol. The van der Waals surface area contributed by atoms with Crippen LogP contribution in [0.5, 0.6) is 5.75 Å². The summed E-state index contributed by atoms with van der Waals surface area (Å²) in [7, 11) is 0. The minimum absolute atomic E-state index is 0.703. The predicted molar refractivity (Wildman–Crippen MR) is 108 cm³/mol. The summed E-state index contributed by atoms with van der Waals surface area (Å²) in [5.41, 5.74) is 2.41. The summed E-state index contributed by atoms with van der Waals surface area (Å²) < 4.78 is 5.64. The van der Waals surface area contributed by atoms with Gasteiger partial charge in [-0.2, -0.15) is 0 Å². The molecule has 0 radical (unpaired) electrons. The van der Waals surface area contributed by atoms with Gasteiger partial charge >= 0.3 is 0 Å². The normalized spacial score (nSPS) is 21.4. The molecule has 0 aliphatic carbocycles. The topological polar surface area (TPSA) is 40.1 Å². The first kappa shape index (κ1) is 19.0. The van der Waals surface area contributed by atoms with Crippen LogP contribution in [0.3, 0.4) is 0 Å². The maximum atomic E-state index is 5.64. The average Bonchev–Trinajstić information content (AvgIpc) is 3.32. The van der Waals surface area contributed by atoms with Crippen LogP contribution < -0.4 is 10.1 Å². The maximum Gasteiger partial charge on any atom is 0.194 e. The molecule has 2 heterocycles. The number of likely N-dealkylation sites (tertiary alicyclic amines) is 2. The van der Waals surface area contributed by atoms with Crippen LogP contribution in [0.25, 0.3) is 0 Å². The van der Waals surface area contributed by atoms with Crippen molar-refractivity contribution in [1.29, 1.82) is 0 Å². The van der Waals surface area contributed by atoms with Crippen LogP contribution in [0.2, 0.25) is 0 Å². The highest BCUT2D eigenvalue weighted by molar-refractivity contribution is 5.80. The van der Waals surface area contributed by atoms with Gasteiger partial charge in [-0.25, -0.2) is 4.99 Å². The smallest absolute Gasteiger partial charge is 0.194 e. The van der Waals surface area contributed by atoms with Crippen molar-refractivity contribution in [1.82, 2.24) is 15.1 Å². The van der Waals surface area contributed by atoms with Crippen molar-refractivity contribution < 1.29 is 4.74 Å². The van der Waals surface area contributed by atoms with E-state index in [0.29, 0.717) is 19.2 Å². The highest BCUT2D eigenvalue weighted by atomic mass is 16.5. The number of aryl methyl sites for hydroxylation is 1. The second kappa shape index (κ2) is 9.26. The van der Waals surface area contributed by atoms with E-state index in [-0.39, 0.29) is 0 Å². The Hall–Kier alpha value is -1.75. The number of nitrogens with one attached hydrogen (secondary N) is 1. The van der Waals surface area contributed by atoms with E-state index in [4.69, 9.17) is 9.73 Å². The average molecular weight is 359 g/mol. The maximum absolute atomic E-state index is 5.64. The number of ether oxygens (including phenoxy) is 1. The monoisotopic (exact) mass is 358 g/mol. The molecule has 1 atom stereocenters. The quantitative estimate of drug-likeness (QED) is 0.627. The van der Waals surface area contributed by atoms with Crippen molar-refractivity contribution in [3.05, 3.63) is 29.3 Å². The van der Waals surface area contributed by atoms with Gasteiger partial charge in [-0.05, 0) is 70.3 Å². The van der Waals surface area contributed by atoms with Crippen LogP contribution in [-0.4, -0.2) is 61.1 Å². The van der Waals surface area contributed by atoms with Crippen molar-refractivity contribution in [3.8, 4) is 5.75 Å². The van der Waals surface area contributed by atoms with Gasteiger partial charge in [0.25, 0.3) is 0 Å². The third-order valence-electron chi connectivity index (χ3n) is 5.41.